The van der Waals surface area contributed by atoms with Gasteiger partial charge in [0.25, 0.3) is 0 Å². The number of nitrogens with one attached hydrogen (secondary N) is 1. The van der Waals surface area contributed by atoms with Crippen LogP contribution in [0.25, 0.3) is 11.8 Å². The minimum absolute atomic E-state index is 0.00353. The Bertz CT molecular complexity index is 1240. The largest absolute Gasteiger partial charge is 0.349 e. The van der Waals surface area contributed by atoms with E-state index in [9.17, 15) is 9.18 Å². The number of hydrogen-bond acceptors (Lipinski definition) is 2. The molecule has 1 amide bonds. The van der Waals surface area contributed by atoms with Crippen LogP contribution in [0.3, 0.4) is 0 Å². The molecule has 3 unspecified atom stereocenters. The topological polar surface area (TPSA) is 46.9 Å². The van der Waals surface area contributed by atoms with Crippen molar-refractivity contribution >= 4 is 12.0 Å². The van der Waals surface area contributed by atoms with Gasteiger partial charge >= 0.3 is 0 Å². The molecule has 3 atom stereocenters. The summed E-state index contributed by atoms with van der Waals surface area (Å²) in [4.78, 5) is 13.1. The van der Waals surface area contributed by atoms with Crippen molar-refractivity contribution in [2.45, 2.75) is 65.3 Å². The summed E-state index contributed by atoms with van der Waals surface area (Å²) in [5.74, 6) is 0.437. The van der Waals surface area contributed by atoms with Crippen molar-refractivity contribution in [2.75, 3.05) is 0 Å². The fourth-order valence-electron chi connectivity index (χ4n) is 6.30. The molecule has 3 aromatic rings. The van der Waals surface area contributed by atoms with Gasteiger partial charge in [0.15, 0.2) is 0 Å². The van der Waals surface area contributed by atoms with E-state index in [1.165, 1.54) is 28.8 Å². The summed E-state index contributed by atoms with van der Waals surface area (Å²) in [5.41, 5.74) is 5.89. The Labute approximate surface area is 213 Å². The number of allylic oxidation sites excluding steroid dienone is 1. The van der Waals surface area contributed by atoms with Crippen LogP contribution in [0.5, 0.6) is 0 Å². The number of carbonyl (C=O) groups excluding carboxylic acids is 1. The number of rotatable bonds is 8. The lowest BCUT2D eigenvalue weighted by atomic mass is 9.68. The third kappa shape index (κ3) is 4.52. The van der Waals surface area contributed by atoms with Crippen molar-refractivity contribution in [1.29, 1.82) is 0 Å². The summed E-state index contributed by atoms with van der Waals surface area (Å²) in [7, 11) is 0. The molecule has 188 valence electrons. The number of nitrogens with zero attached hydrogens (tertiary/aromatic N) is 2. The molecule has 1 aromatic heterocycles. The van der Waals surface area contributed by atoms with Gasteiger partial charge in [-0.3, -0.25) is 4.79 Å². The molecular formula is C31H36FN3O. The van der Waals surface area contributed by atoms with Gasteiger partial charge in [-0.25, -0.2) is 9.07 Å². The number of halogens is 1. The van der Waals surface area contributed by atoms with Crippen LogP contribution in [0, 0.1) is 23.1 Å². The highest BCUT2D eigenvalue weighted by Gasteiger charge is 2.46. The first-order valence-electron chi connectivity index (χ1n) is 13.3. The molecule has 1 N–H and O–H groups in total. The van der Waals surface area contributed by atoms with Crippen molar-refractivity contribution in [3.8, 4) is 5.69 Å². The third-order valence-electron chi connectivity index (χ3n) is 8.62. The number of fused-ring (bicyclic) bond motifs is 2. The fourth-order valence-corrected chi connectivity index (χ4v) is 6.30. The molecule has 0 bridgehead atoms. The molecule has 5 rings (SSSR count). The van der Waals surface area contributed by atoms with Crippen LogP contribution in [-0.4, -0.2) is 15.7 Å². The molecule has 0 radical (unpaired) electrons. The summed E-state index contributed by atoms with van der Waals surface area (Å²) >= 11 is 0. The smallest absolute Gasteiger partial charge is 0.223 e. The summed E-state index contributed by atoms with van der Waals surface area (Å²) in [6, 6.07) is 16.9. The van der Waals surface area contributed by atoms with E-state index in [-0.39, 0.29) is 29.1 Å². The van der Waals surface area contributed by atoms with E-state index in [2.05, 4.69) is 61.5 Å². The van der Waals surface area contributed by atoms with Crippen molar-refractivity contribution in [1.82, 2.24) is 15.1 Å². The zero-order valence-corrected chi connectivity index (χ0v) is 21.5. The number of aromatic nitrogens is 2. The second-order valence-corrected chi connectivity index (χ2v) is 10.7. The first kappa shape index (κ1) is 24.5. The van der Waals surface area contributed by atoms with E-state index < -0.39 is 0 Å². The molecule has 4 nitrogen and oxygen atoms in total. The molecule has 0 aliphatic heterocycles. The number of benzene rings is 2. The summed E-state index contributed by atoms with van der Waals surface area (Å²) in [5, 5.41) is 8.08. The summed E-state index contributed by atoms with van der Waals surface area (Å²) < 4.78 is 15.4. The van der Waals surface area contributed by atoms with E-state index in [0.717, 1.165) is 49.9 Å². The maximum Gasteiger partial charge on any atom is 0.223 e. The predicted octanol–water partition coefficient (Wildman–Crippen LogP) is 7.05. The Morgan fingerprint density at radius 3 is 2.56 bits per heavy atom. The second-order valence-electron chi connectivity index (χ2n) is 10.7. The van der Waals surface area contributed by atoms with Crippen LogP contribution in [0.15, 0.2) is 66.4 Å². The molecule has 1 saturated carbocycles. The van der Waals surface area contributed by atoms with E-state index in [1.54, 1.807) is 12.1 Å². The van der Waals surface area contributed by atoms with Gasteiger partial charge in [0, 0.05) is 5.92 Å². The van der Waals surface area contributed by atoms with Crippen molar-refractivity contribution < 1.29 is 9.18 Å². The first-order chi connectivity index (χ1) is 17.4. The zero-order valence-electron chi connectivity index (χ0n) is 21.5. The molecule has 0 saturated heterocycles. The van der Waals surface area contributed by atoms with Crippen LogP contribution in [-0.2, 0) is 11.2 Å². The van der Waals surface area contributed by atoms with Gasteiger partial charge in [0.2, 0.25) is 5.91 Å². The Kier molecular flexibility index (Phi) is 6.83. The van der Waals surface area contributed by atoms with E-state index in [0.29, 0.717) is 5.92 Å². The molecule has 2 aliphatic carbocycles. The highest BCUT2D eigenvalue weighted by atomic mass is 19.1. The molecule has 2 aliphatic rings. The molecule has 0 spiro atoms. The maximum atomic E-state index is 13.5. The third-order valence-corrected chi connectivity index (χ3v) is 8.62. The van der Waals surface area contributed by atoms with Crippen molar-refractivity contribution in [3.05, 3.63) is 89.0 Å². The number of carbonyl (C=O) groups is 1. The van der Waals surface area contributed by atoms with Crippen LogP contribution in [0.2, 0.25) is 0 Å². The van der Waals surface area contributed by atoms with Gasteiger partial charge < -0.3 is 5.32 Å². The zero-order chi connectivity index (χ0) is 25.3. The van der Waals surface area contributed by atoms with Crippen LogP contribution in [0.4, 0.5) is 4.39 Å². The van der Waals surface area contributed by atoms with Crippen LogP contribution < -0.4 is 5.32 Å². The molecular weight excluding hydrogens is 449 g/mol. The minimum Gasteiger partial charge on any atom is -0.349 e. The number of hydrogen-bond donors (Lipinski definition) is 1. The van der Waals surface area contributed by atoms with Gasteiger partial charge in [0.1, 0.15) is 5.82 Å². The Morgan fingerprint density at radius 1 is 1.14 bits per heavy atom. The lowest BCUT2D eigenvalue weighted by Crippen LogP contribution is -2.37. The Hall–Kier alpha value is -3.21. The molecule has 2 aromatic carbocycles. The normalized spacial score (nSPS) is 21.6. The van der Waals surface area contributed by atoms with Gasteiger partial charge in [0.05, 0.1) is 23.6 Å². The molecule has 1 heterocycles. The average molecular weight is 486 g/mol. The lowest BCUT2D eigenvalue weighted by Gasteiger charge is -2.38. The van der Waals surface area contributed by atoms with Gasteiger partial charge in [-0.15, -0.1) is 0 Å². The summed E-state index contributed by atoms with van der Waals surface area (Å²) in [6.07, 6.45) is 10.0. The standard InChI is InChI=1S/C31H36FN3O/c1-4-21(5-2)30(36)34-28(22-9-7-6-8-10-22)17-24-11-12-25-18-29-23(19-31(24,25)3)20-33-35(29)27-15-13-26(32)14-16-27/h6-10,13-16,18,20-21,24,28H,4-5,11-12,17,19H2,1-3H3,(H,34,36). The minimum atomic E-state index is -0.242. The lowest BCUT2D eigenvalue weighted by molar-refractivity contribution is -0.126. The Morgan fingerprint density at radius 2 is 1.86 bits per heavy atom. The quantitative estimate of drug-likeness (QED) is 0.372. The molecule has 5 heteroatoms. The van der Waals surface area contributed by atoms with Gasteiger partial charge in [-0.1, -0.05) is 56.7 Å². The van der Waals surface area contributed by atoms with E-state index in [4.69, 9.17) is 0 Å². The summed E-state index contributed by atoms with van der Waals surface area (Å²) in [6.45, 7) is 6.57. The molecule has 1 fully saturated rings. The Balaban J connectivity index is 1.41. The highest BCUT2D eigenvalue weighted by molar-refractivity contribution is 5.79. The van der Waals surface area contributed by atoms with Gasteiger partial charge in [-0.05, 0) is 91.3 Å². The van der Waals surface area contributed by atoms with E-state index >= 15 is 0 Å². The van der Waals surface area contributed by atoms with Crippen LogP contribution >= 0.6 is 0 Å². The first-order valence-corrected chi connectivity index (χ1v) is 13.3. The van der Waals surface area contributed by atoms with Crippen molar-refractivity contribution in [3.63, 3.8) is 0 Å². The van der Waals surface area contributed by atoms with Crippen LogP contribution in [0.1, 0.15) is 75.7 Å². The number of amides is 1. The monoisotopic (exact) mass is 485 g/mol. The van der Waals surface area contributed by atoms with Gasteiger partial charge in [-0.2, -0.15) is 5.10 Å². The average Bonchev–Trinajstić information content (AvgIpc) is 3.43. The highest BCUT2D eigenvalue weighted by Crippen LogP contribution is 2.55. The van der Waals surface area contributed by atoms with E-state index in [1.807, 2.05) is 16.9 Å². The maximum absolute atomic E-state index is 13.5. The SMILES string of the molecule is CCC(CC)C(=O)NC(CC1CCC2=Cc3c(cnn3-c3ccc(F)cc3)CC21C)c1ccccc1. The van der Waals surface area contributed by atoms with Crippen molar-refractivity contribution in [2.24, 2.45) is 17.3 Å². The predicted molar refractivity (Wildman–Crippen MR) is 142 cm³/mol. The fraction of sp³-hybridized carbons (Fsp3) is 0.419. The molecule has 36 heavy (non-hydrogen) atoms. The second kappa shape index (κ2) is 10.0.